The van der Waals surface area contributed by atoms with E-state index in [4.69, 9.17) is 0 Å². The molecule has 0 fully saturated rings. The Morgan fingerprint density at radius 2 is 1.94 bits per heavy atom. The van der Waals surface area contributed by atoms with E-state index in [0.717, 1.165) is 0 Å². The molecule has 0 unspecified atom stereocenters. The molecule has 0 saturated heterocycles. The van der Waals surface area contributed by atoms with Gasteiger partial charge >= 0.3 is 0 Å². The molecular weight excluding hydrogens is 208 g/mol. The Labute approximate surface area is 98.5 Å². The van der Waals surface area contributed by atoms with Gasteiger partial charge < -0.3 is 9.38 Å². The van der Waals surface area contributed by atoms with Crippen LogP contribution < -0.4 is 0 Å². The summed E-state index contributed by atoms with van der Waals surface area (Å²) in [6.07, 6.45) is 2.20. The van der Waals surface area contributed by atoms with Crippen molar-refractivity contribution < 1.29 is 0 Å². The van der Waals surface area contributed by atoms with Crippen LogP contribution in [0.2, 0.25) is 0 Å². The van der Waals surface area contributed by atoms with Crippen molar-refractivity contribution in [3.8, 4) is 0 Å². The maximum absolute atomic E-state index is 3.49. The first kappa shape index (κ1) is 8.88. The largest absolute Gasteiger partial charge is 0.339 e. The third-order valence-electron chi connectivity index (χ3n) is 3.39. The number of aromatic nitrogens is 2. The molecule has 2 heterocycles. The summed E-state index contributed by atoms with van der Waals surface area (Å²) in [5, 5.41) is 2.56. The van der Waals surface area contributed by atoms with E-state index in [1.807, 2.05) is 0 Å². The van der Waals surface area contributed by atoms with Gasteiger partial charge in [-0.2, -0.15) is 0 Å². The number of fused-ring (bicyclic) bond motifs is 5. The molecule has 1 N–H and O–H groups in total. The van der Waals surface area contributed by atoms with E-state index in [0.29, 0.717) is 0 Å². The van der Waals surface area contributed by atoms with Crippen LogP contribution >= 0.6 is 0 Å². The lowest BCUT2D eigenvalue weighted by Crippen LogP contribution is -1.77. The molecule has 0 bridgehead atoms. The van der Waals surface area contributed by atoms with Crippen LogP contribution in [0.3, 0.4) is 0 Å². The van der Waals surface area contributed by atoms with Crippen LogP contribution in [0.4, 0.5) is 0 Å². The number of nitrogens with zero attached hydrogens (tertiary/aromatic N) is 1. The second kappa shape index (κ2) is 2.92. The number of nitrogens with one attached hydrogen (secondary N) is 1. The molecule has 2 aromatic heterocycles. The normalized spacial score (nSPS) is 11.8. The summed E-state index contributed by atoms with van der Waals surface area (Å²) in [6.45, 7) is 2.13. The molecule has 4 rings (SSSR count). The van der Waals surface area contributed by atoms with E-state index in [1.165, 1.54) is 33.0 Å². The number of hydrogen-bond donors (Lipinski definition) is 1. The molecule has 0 aliphatic rings. The lowest BCUT2D eigenvalue weighted by molar-refractivity contribution is 1.28. The Balaban J connectivity index is 2.30. The number of aryl methyl sites for hydroxylation is 1. The standard InChI is InChI=1S/C15H12N2/c1-10-6-7-13-14(8-10)17-9-11-4-2-3-5-12(11)15(17)16-13/h2-9,16H,1H3. The number of rotatable bonds is 0. The molecule has 4 aromatic rings. The number of aromatic amines is 1. The SMILES string of the molecule is Cc1ccc2[nH]c3c4ccccc4cn3c2c1. The van der Waals surface area contributed by atoms with E-state index in [9.17, 15) is 0 Å². The van der Waals surface area contributed by atoms with Crippen LogP contribution in [0.15, 0.2) is 48.7 Å². The van der Waals surface area contributed by atoms with Crippen LogP contribution in [0, 0.1) is 6.92 Å². The molecular formula is C15H12N2. The van der Waals surface area contributed by atoms with Crippen molar-refractivity contribution in [3.63, 3.8) is 0 Å². The molecule has 17 heavy (non-hydrogen) atoms. The van der Waals surface area contributed by atoms with Crippen molar-refractivity contribution in [1.82, 2.24) is 9.38 Å². The molecule has 0 aliphatic heterocycles. The molecule has 0 amide bonds. The first-order valence-corrected chi connectivity index (χ1v) is 5.81. The Morgan fingerprint density at radius 1 is 1.06 bits per heavy atom. The van der Waals surface area contributed by atoms with Gasteiger partial charge in [0.05, 0.1) is 11.0 Å². The van der Waals surface area contributed by atoms with Gasteiger partial charge in [-0.25, -0.2) is 0 Å². The summed E-state index contributed by atoms with van der Waals surface area (Å²) in [6, 6.07) is 15.0. The molecule has 2 nitrogen and oxygen atoms in total. The molecule has 0 aliphatic carbocycles. The summed E-state index contributed by atoms with van der Waals surface area (Å²) in [5.41, 5.74) is 4.91. The highest BCUT2D eigenvalue weighted by molar-refractivity contribution is 6.00. The number of benzene rings is 2. The summed E-state index contributed by atoms with van der Waals surface area (Å²) < 4.78 is 2.24. The second-order valence-corrected chi connectivity index (χ2v) is 4.58. The van der Waals surface area contributed by atoms with Crippen molar-refractivity contribution in [1.29, 1.82) is 0 Å². The van der Waals surface area contributed by atoms with Crippen LogP contribution in [0.5, 0.6) is 0 Å². The smallest absolute Gasteiger partial charge is 0.123 e. The Morgan fingerprint density at radius 3 is 2.88 bits per heavy atom. The predicted octanol–water partition coefficient (Wildman–Crippen LogP) is 3.88. The van der Waals surface area contributed by atoms with E-state index in [1.54, 1.807) is 0 Å². The van der Waals surface area contributed by atoms with Gasteiger partial charge in [-0.15, -0.1) is 0 Å². The van der Waals surface area contributed by atoms with Crippen LogP contribution in [0.1, 0.15) is 5.56 Å². The fourth-order valence-corrected chi connectivity index (χ4v) is 2.55. The Hall–Kier alpha value is -2.22. The highest BCUT2D eigenvalue weighted by atomic mass is 15.0. The van der Waals surface area contributed by atoms with Gasteiger partial charge in [0.2, 0.25) is 0 Å². The maximum atomic E-state index is 3.49. The third kappa shape index (κ3) is 1.10. The topological polar surface area (TPSA) is 20.2 Å². The molecule has 0 spiro atoms. The fraction of sp³-hybridized carbons (Fsp3) is 0.0667. The first-order valence-electron chi connectivity index (χ1n) is 5.81. The van der Waals surface area contributed by atoms with Gasteiger partial charge in [0.25, 0.3) is 0 Å². The summed E-state index contributed by atoms with van der Waals surface area (Å²) in [4.78, 5) is 3.49. The second-order valence-electron chi connectivity index (χ2n) is 4.58. The average molecular weight is 220 g/mol. The van der Waals surface area contributed by atoms with Crippen LogP contribution in [-0.2, 0) is 0 Å². The molecule has 0 radical (unpaired) electrons. The zero-order valence-corrected chi connectivity index (χ0v) is 9.57. The summed E-state index contributed by atoms with van der Waals surface area (Å²) in [7, 11) is 0. The molecule has 2 heteroatoms. The number of H-pyrrole nitrogens is 1. The summed E-state index contributed by atoms with van der Waals surface area (Å²) >= 11 is 0. The molecule has 0 atom stereocenters. The zero-order chi connectivity index (χ0) is 11.4. The number of hydrogen-bond acceptors (Lipinski definition) is 0. The maximum Gasteiger partial charge on any atom is 0.123 e. The average Bonchev–Trinajstić information content (AvgIpc) is 2.85. The predicted molar refractivity (Wildman–Crippen MR) is 71.5 cm³/mol. The van der Waals surface area contributed by atoms with Crippen LogP contribution in [0.25, 0.3) is 27.5 Å². The highest BCUT2D eigenvalue weighted by Crippen LogP contribution is 2.26. The van der Waals surface area contributed by atoms with Gasteiger partial charge in [-0.3, -0.25) is 0 Å². The Bertz CT molecular complexity index is 849. The lowest BCUT2D eigenvalue weighted by atomic mass is 10.2. The van der Waals surface area contributed by atoms with Crippen molar-refractivity contribution in [2.75, 3.05) is 0 Å². The van der Waals surface area contributed by atoms with E-state index in [2.05, 4.69) is 65.0 Å². The highest BCUT2D eigenvalue weighted by Gasteiger charge is 2.07. The quantitative estimate of drug-likeness (QED) is 0.464. The van der Waals surface area contributed by atoms with E-state index in [-0.39, 0.29) is 0 Å². The van der Waals surface area contributed by atoms with Gasteiger partial charge in [0, 0.05) is 17.0 Å². The van der Waals surface area contributed by atoms with Gasteiger partial charge in [0.15, 0.2) is 0 Å². The van der Waals surface area contributed by atoms with Crippen molar-refractivity contribution in [2.24, 2.45) is 0 Å². The zero-order valence-electron chi connectivity index (χ0n) is 9.57. The Kier molecular flexibility index (Phi) is 1.52. The fourth-order valence-electron chi connectivity index (χ4n) is 2.55. The van der Waals surface area contributed by atoms with E-state index >= 15 is 0 Å². The van der Waals surface area contributed by atoms with Crippen molar-refractivity contribution in [2.45, 2.75) is 6.92 Å². The molecule has 0 saturated carbocycles. The minimum absolute atomic E-state index is 1.18. The first-order chi connectivity index (χ1) is 8.33. The minimum Gasteiger partial charge on any atom is -0.339 e. The monoisotopic (exact) mass is 220 g/mol. The van der Waals surface area contributed by atoms with Crippen LogP contribution in [-0.4, -0.2) is 9.38 Å². The lowest BCUT2D eigenvalue weighted by Gasteiger charge is -1.93. The molecule has 2 aromatic carbocycles. The van der Waals surface area contributed by atoms with Gasteiger partial charge in [0.1, 0.15) is 5.65 Å². The van der Waals surface area contributed by atoms with Gasteiger partial charge in [-0.05, 0) is 24.6 Å². The number of imidazole rings is 1. The summed E-state index contributed by atoms with van der Waals surface area (Å²) in [5.74, 6) is 0. The third-order valence-corrected chi connectivity index (χ3v) is 3.39. The van der Waals surface area contributed by atoms with Crippen molar-refractivity contribution in [3.05, 3.63) is 54.2 Å². The van der Waals surface area contributed by atoms with Gasteiger partial charge in [-0.1, -0.05) is 30.3 Å². The van der Waals surface area contributed by atoms with E-state index < -0.39 is 0 Å². The van der Waals surface area contributed by atoms with Crippen molar-refractivity contribution >= 4 is 27.5 Å². The minimum atomic E-state index is 1.18. The molecule has 82 valence electrons.